The standard InChI is InChI=1S/C27H32FN3OS/c1-7-10-31-23-14-21(28)19(12-20(23)18(4)15-27(31,5)6)13-24-25(32)30-26(33-24)29-22-9-8-16(2)11-17(22)3/h8-9,11-14,18H,7,10,15H2,1-6H3,(H,29,30,32)/b24-13+. The van der Waals surface area contributed by atoms with Crippen LogP contribution in [0.25, 0.3) is 6.08 Å². The van der Waals surface area contributed by atoms with Gasteiger partial charge < -0.3 is 10.2 Å². The fraction of sp³-hybridized carbons (Fsp3) is 0.407. The van der Waals surface area contributed by atoms with E-state index in [-0.39, 0.29) is 17.3 Å². The van der Waals surface area contributed by atoms with Crippen LogP contribution >= 0.6 is 11.8 Å². The minimum Gasteiger partial charge on any atom is -0.366 e. The second-order valence-corrected chi connectivity index (χ2v) is 10.8. The van der Waals surface area contributed by atoms with Gasteiger partial charge in [0.15, 0.2) is 5.17 Å². The van der Waals surface area contributed by atoms with Crippen molar-refractivity contribution in [2.45, 2.75) is 65.8 Å². The van der Waals surface area contributed by atoms with Crippen LogP contribution in [0.3, 0.4) is 0 Å². The molecule has 2 aliphatic rings. The van der Waals surface area contributed by atoms with E-state index in [4.69, 9.17) is 0 Å². The van der Waals surface area contributed by atoms with Crippen molar-refractivity contribution in [1.82, 2.24) is 5.32 Å². The van der Waals surface area contributed by atoms with Gasteiger partial charge in [-0.2, -0.15) is 0 Å². The van der Waals surface area contributed by atoms with Crippen molar-refractivity contribution >= 4 is 40.3 Å². The fourth-order valence-electron chi connectivity index (χ4n) is 4.94. The quantitative estimate of drug-likeness (QED) is 0.503. The van der Waals surface area contributed by atoms with Crippen LogP contribution in [0.1, 0.15) is 68.7 Å². The summed E-state index contributed by atoms with van der Waals surface area (Å²) in [5.41, 5.74) is 5.57. The maximum Gasteiger partial charge on any atom is 0.264 e. The maximum atomic E-state index is 15.2. The summed E-state index contributed by atoms with van der Waals surface area (Å²) in [5, 5.41) is 3.33. The summed E-state index contributed by atoms with van der Waals surface area (Å²) >= 11 is 1.25. The summed E-state index contributed by atoms with van der Waals surface area (Å²) in [6.07, 6.45) is 3.66. The number of aliphatic imine (C=N–C) groups is 1. The van der Waals surface area contributed by atoms with Crippen molar-refractivity contribution in [2.75, 3.05) is 11.4 Å². The summed E-state index contributed by atoms with van der Waals surface area (Å²) in [6, 6.07) is 9.58. The van der Waals surface area contributed by atoms with Gasteiger partial charge in [0.25, 0.3) is 5.91 Å². The predicted octanol–water partition coefficient (Wildman–Crippen LogP) is 6.84. The number of benzene rings is 2. The first-order valence-corrected chi connectivity index (χ1v) is 12.4. The minimum absolute atomic E-state index is 0.0183. The SMILES string of the molecule is CCCN1c2cc(F)c(/C=C3/SC(=Nc4ccc(C)cc4C)NC3=O)cc2C(C)CC1(C)C. The van der Waals surface area contributed by atoms with Crippen LogP contribution in [0.15, 0.2) is 40.2 Å². The van der Waals surface area contributed by atoms with Gasteiger partial charge in [-0.1, -0.05) is 31.5 Å². The van der Waals surface area contributed by atoms with Crippen molar-refractivity contribution in [2.24, 2.45) is 4.99 Å². The number of carbonyl (C=O) groups is 1. The molecule has 0 spiro atoms. The second-order valence-electron chi connectivity index (χ2n) is 9.77. The van der Waals surface area contributed by atoms with Gasteiger partial charge in [0, 0.05) is 23.3 Å². The number of amides is 1. The summed E-state index contributed by atoms with van der Waals surface area (Å²) < 4.78 is 15.2. The molecular weight excluding hydrogens is 433 g/mol. The monoisotopic (exact) mass is 465 g/mol. The number of nitrogens with one attached hydrogen (secondary N) is 1. The van der Waals surface area contributed by atoms with Crippen molar-refractivity contribution in [3.05, 3.63) is 63.3 Å². The number of rotatable bonds is 4. The molecular formula is C27H32FN3OS. The maximum absolute atomic E-state index is 15.2. The highest BCUT2D eigenvalue weighted by Gasteiger charge is 2.36. The Morgan fingerprint density at radius 1 is 1.27 bits per heavy atom. The first kappa shape index (κ1) is 23.6. The van der Waals surface area contributed by atoms with Gasteiger partial charge in [-0.05, 0) is 93.6 Å². The molecule has 1 atom stereocenters. The van der Waals surface area contributed by atoms with E-state index in [2.05, 4.69) is 49.0 Å². The summed E-state index contributed by atoms with van der Waals surface area (Å²) in [5.74, 6) is -0.240. The van der Waals surface area contributed by atoms with E-state index in [1.165, 1.54) is 11.8 Å². The second kappa shape index (κ2) is 8.98. The molecule has 0 aromatic heterocycles. The smallest absolute Gasteiger partial charge is 0.264 e. The van der Waals surface area contributed by atoms with Crippen LogP contribution in [-0.2, 0) is 4.79 Å². The zero-order chi connectivity index (χ0) is 23.9. The van der Waals surface area contributed by atoms with Crippen LogP contribution < -0.4 is 10.2 Å². The Bertz CT molecular complexity index is 1170. The van der Waals surface area contributed by atoms with Crippen LogP contribution in [0.5, 0.6) is 0 Å². The predicted molar refractivity (Wildman–Crippen MR) is 138 cm³/mol. The Morgan fingerprint density at radius 2 is 2.03 bits per heavy atom. The lowest BCUT2D eigenvalue weighted by Crippen LogP contribution is -2.48. The average Bonchev–Trinajstić information content (AvgIpc) is 3.07. The number of nitrogens with zero attached hydrogens (tertiary/aromatic N) is 2. The van der Waals surface area contributed by atoms with Gasteiger partial charge in [0.1, 0.15) is 5.82 Å². The molecule has 1 N–H and O–H groups in total. The summed E-state index contributed by atoms with van der Waals surface area (Å²) in [7, 11) is 0. The number of hydrogen-bond acceptors (Lipinski definition) is 4. The highest BCUT2D eigenvalue weighted by molar-refractivity contribution is 8.18. The highest BCUT2D eigenvalue weighted by Crippen LogP contribution is 2.44. The molecule has 2 aromatic carbocycles. The molecule has 2 heterocycles. The van der Waals surface area contributed by atoms with Gasteiger partial charge >= 0.3 is 0 Å². The molecule has 1 amide bonds. The Labute approximate surface area is 200 Å². The van der Waals surface area contributed by atoms with E-state index in [9.17, 15) is 4.79 Å². The van der Waals surface area contributed by atoms with Crippen LogP contribution in [-0.4, -0.2) is 23.2 Å². The molecule has 6 heteroatoms. The van der Waals surface area contributed by atoms with E-state index in [0.717, 1.165) is 47.5 Å². The number of hydrogen-bond donors (Lipinski definition) is 1. The molecule has 1 fully saturated rings. The summed E-state index contributed by atoms with van der Waals surface area (Å²) in [4.78, 5) is 20.0. The number of aryl methyl sites for hydroxylation is 2. The topological polar surface area (TPSA) is 44.7 Å². The number of anilines is 1. The average molecular weight is 466 g/mol. The van der Waals surface area contributed by atoms with Gasteiger partial charge in [-0.15, -0.1) is 0 Å². The van der Waals surface area contributed by atoms with Gasteiger partial charge in [-0.3, -0.25) is 4.79 Å². The van der Waals surface area contributed by atoms with Crippen molar-refractivity contribution in [1.29, 1.82) is 0 Å². The lowest BCUT2D eigenvalue weighted by molar-refractivity contribution is -0.115. The van der Waals surface area contributed by atoms with E-state index in [0.29, 0.717) is 21.6 Å². The number of halogens is 1. The largest absolute Gasteiger partial charge is 0.366 e. The number of fused-ring (bicyclic) bond motifs is 1. The van der Waals surface area contributed by atoms with Crippen LogP contribution in [0, 0.1) is 19.7 Å². The number of thioether (sulfide) groups is 1. The fourth-order valence-corrected chi connectivity index (χ4v) is 5.77. The van der Waals surface area contributed by atoms with Crippen molar-refractivity contribution in [3.63, 3.8) is 0 Å². The molecule has 1 unspecified atom stereocenters. The molecule has 174 valence electrons. The van der Waals surface area contributed by atoms with E-state index in [1.807, 2.05) is 32.0 Å². The molecule has 2 aromatic rings. The van der Waals surface area contributed by atoms with Gasteiger partial charge in [-0.25, -0.2) is 9.38 Å². The number of carbonyl (C=O) groups excluding carboxylic acids is 1. The molecule has 4 nitrogen and oxygen atoms in total. The Morgan fingerprint density at radius 3 is 2.73 bits per heavy atom. The Balaban J connectivity index is 1.66. The van der Waals surface area contributed by atoms with Gasteiger partial charge in [0.2, 0.25) is 0 Å². The van der Waals surface area contributed by atoms with Gasteiger partial charge in [0.05, 0.1) is 10.6 Å². The third-order valence-corrected chi connectivity index (χ3v) is 7.37. The highest BCUT2D eigenvalue weighted by atomic mass is 32.2. The molecule has 33 heavy (non-hydrogen) atoms. The lowest BCUT2D eigenvalue weighted by Gasteiger charge is -2.47. The molecule has 4 rings (SSSR count). The van der Waals surface area contributed by atoms with Crippen LogP contribution in [0.4, 0.5) is 15.8 Å². The minimum atomic E-state index is -0.305. The molecule has 0 radical (unpaired) electrons. The van der Waals surface area contributed by atoms with E-state index >= 15 is 4.39 Å². The normalized spacial score (nSPS) is 22.1. The Hall–Kier alpha value is -2.60. The third kappa shape index (κ3) is 4.72. The molecule has 2 aliphatic heterocycles. The molecule has 0 aliphatic carbocycles. The van der Waals surface area contributed by atoms with E-state index in [1.54, 1.807) is 12.1 Å². The summed E-state index contributed by atoms with van der Waals surface area (Å²) in [6.45, 7) is 13.7. The van der Waals surface area contributed by atoms with E-state index < -0.39 is 0 Å². The lowest BCUT2D eigenvalue weighted by atomic mass is 9.79. The number of amidine groups is 1. The van der Waals surface area contributed by atoms with Crippen LogP contribution in [0.2, 0.25) is 0 Å². The van der Waals surface area contributed by atoms with Crippen molar-refractivity contribution < 1.29 is 9.18 Å². The third-order valence-electron chi connectivity index (χ3n) is 6.46. The van der Waals surface area contributed by atoms with Crippen molar-refractivity contribution in [3.8, 4) is 0 Å². The Kier molecular flexibility index (Phi) is 6.41. The zero-order valence-corrected chi connectivity index (χ0v) is 21.1. The first-order chi connectivity index (χ1) is 15.6. The first-order valence-electron chi connectivity index (χ1n) is 11.6. The molecule has 1 saturated heterocycles. The zero-order valence-electron chi connectivity index (χ0n) is 20.3. The molecule has 0 saturated carbocycles. The molecule has 0 bridgehead atoms.